The second-order valence-corrected chi connectivity index (χ2v) is 5.79. The third-order valence-electron chi connectivity index (χ3n) is 4.41. The highest BCUT2D eigenvalue weighted by molar-refractivity contribution is 5.71. The molecular weight excluding hydrogens is 259 g/mol. The van der Waals surface area contributed by atoms with E-state index in [4.69, 9.17) is 4.74 Å². The third kappa shape index (κ3) is 2.50. The van der Waals surface area contributed by atoms with E-state index in [-0.39, 0.29) is 18.0 Å². The molecule has 1 spiro atoms. The summed E-state index contributed by atoms with van der Waals surface area (Å²) in [7, 11) is 2.08. The van der Waals surface area contributed by atoms with Crippen molar-refractivity contribution in [2.45, 2.75) is 30.9 Å². The van der Waals surface area contributed by atoms with Crippen LogP contribution in [0, 0.1) is 5.82 Å². The molecule has 0 radical (unpaired) electrons. The fourth-order valence-electron chi connectivity index (χ4n) is 3.10. The molecule has 0 bridgehead atoms. The maximum Gasteiger partial charge on any atom is 0.408 e. The maximum absolute atomic E-state index is 13.0. The lowest BCUT2D eigenvalue weighted by Gasteiger charge is -2.39. The fraction of sp³-hybridized carbons (Fsp3) is 0.533. The molecule has 20 heavy (non-hydrogen) atoms. The number of halogens is 1. The molecule has 1 atom stereocenters. The van der Waals surface area contributed by atoms with Crippen molar-refractivity contribution in [3.8, 4) is 0 Å². The van der Waals surface area contributed by atoms with Crippen molar-refractivity contribution in [2.75, 3.05) is 20.1 Å². The van der Waals surface area contributed by atoms with Crippen LogP contribution in [0.15, 0.2) is 24.3 Å². The van der Waals surface area contributed by atoms with Crippen LogP contribution in [-0.2, 0) is 11.2 Å². The van der Waals surface area contributed by atoms with Gasteiger partial charge in [-0.05, 0) is 31.2 Å². The Morgan fingerprint density at radius 2 is 2.00 bits per heavy atom. The molecule has 1 N–H and O–H groups in total. The monoisotopic (exact) mass is 278 g/mol. The predicted octanol–water partition coefficient (Wildman–Crippen LogP) is 1.94. The number of nitrogens with one attached hydrogen (secondary N) is 1. The van der Waals surface area contributed by atoms with Crippen LogP contribution >= 0.6 is 0 Å². The van der Waals surface area contributed by atoms with Gasteiger partial charge in [-0.25, -0.2) is 9.18 Å². The van der Waals surface area contributed by atoms with Crippen LogP contribution in [0.3, 0.4) is 0 Å². The smallest absolute Gasteiger partial charge is 0.408 e. The van der Waals surface area contributed by atoms with Crippen molar-refractivity contribution in [2.24, 2.45) is 0 Å². The van der Waals surface area contributed by atoms with Gasteiger partial charge in [0.25, 0.3) is 0 Å². The van der Waals surface area contributed by atoms with Crippen LogP contribution in [0.25, 0.3) is 0 Å². The van der Waals surface area contributed by atoms with Crippen LogP contribution in [0.4, 0.5) is 9.18 Å². The quantitative estimate of drug-likeness (QED) is 0.899. The van der Waals surface area contributed by atoms with Crippen LogP contribution < -0.4 is 5.32 Å². The average molecular weight is 278 g/mol. The molecule has 3 rings (SSSR count). The Hall–Kier alpha value is -1.62. The summed E-state index contributed by atoms with van der Waals surface area (Å²) in [6.07, 6.45) is 2.03. The van der Waals surface area contributed by atoms with Crippen LogP contribution in [0.2, 0.25) is 0 Å². The Bertz CT molecular complexity index is 495. The number of carbonyl (C=O) groups is 1. The summed E-state index contributed by atoms with van der Waals surface area (Å²) in [5.41, 5.74) is 0.610. The number of ether oxygens (including phenoxy) is 1. The molecule has 108 valence electrons. The molecule has 2 heterocycles. The standard InChI is InChI=1S/C15H19FN2O2/c1-18-8-6-15(7-9-18)13(17-14(19)20-15)10-11-2-4-12(16)5-3-11/h2-5,13H,6-10H2,1H3,(H,17,19)/t13-/m0/s1. The minimum atomic E-state index is -0.405. The molecule has 0 aliphatic carbocycles. The molecule has 0 aromatic heterocycles. The zero-order valence-electron chi connectivity index (χ0n) is 11.6. The number of benzene rings is 1. The summed E-state index contributed by atoms with van der Waals surface area (Å²) in [6, 6.07) is 6.40. The van der Waals surface area contributed by atoms with E-state index in [0.717, 1.165) is 31.5 Å². The minimum absolute atomic E-state index is 0.0332. The number of carbonyl (C=O) groups excluding carboxylic acids is 1. The van der Waals surface area contributed by atoms with E-state index in [2.05, 4.69) is 17.3 Å². The van der Waals surface area contributed by atoms with Crippen molar-refractivity contribution < 1.29 is 13.9 Å². The molecule has 4 nitrogen and oxygen atoms in total. The molecule has 1 aromatic rings. The Balaban J connectivity index is 1.76. The van der Waals surface area contributed by atoms with Gasteiger partial charge in [0.05, 0.1) is 6.04 Å². The summed E-state index contributed by atoms with van der Waals surface area (Å²) in [4.78, 5) is 13.9. The van der Waals surface area contributed by atoms with Gasteiger partial charge in [-0.15, -0.1) is 0 Å². The Morgan fingerprint density at radius 1 is 1.35 bits per heavy atom. The van der Waals surface area contributed by atoms with Crippen LogP contribution in [-0.4, -0.2) is 42.8 Å². The molecule has 2 aliphatic heterocycles. The molecule has 1 amide bonds. The van der Waals surface area contributed by atoms with Crippen molar-refractivity contribution >= 4 is 6.09 Å². The highest BCUT2D eigenvalue weighted by Gasteiger charge is 2.49. The first-order valence-electron chi connectivity index (χ1n) is 7.00. The molecular formula is C15H19FN2O2. The molecule has 0 unspecified atom stereocenters. The van der Waals surface area contributed by atoms with Crippen molar-refractivity contribution in [3.63, 3.8) is 0 Å². The van der Waals surface area contributed by atoms with Crippen molar-refractivity contribution in [3.05, 3.63) is 35.6 Å². The van der Waals surface area contributed by atoms with Gasteiger partial charge in [0.15, 0.2) is 0 Å². The highest BCUT2D eigenvalue weighted by atomic mass is 19.1. The van der Waals surface area contributed by atoms with E-state index >= 15 is 0 Å². The SMILES string of the molecule is CN1CCC2(CC1)OC(=O)N[C@H]2Cc1ccc(F)cc1. The summed E-state index contributed by atoms with van der Waals surface area (Å²) in [5.74, 6) is -0.241. The lowest BCUT2D eigenvalue weighted by Crippen LogP contribution is -2.51. The number of piperidine rings is 1. The summed E-state index contributed by atoms with van der Waals surface area (Å²) < 4.78 is 18.5. The lowest BCUT2D eigenvalue weighted by molar-refractivity contribution is -0.0132. The number of alkyl carbamates (subject to hydrolysis) is 1. The molecule has 5 heteroatoms. The maximum atomic E-state index is 13.0. The number of nitrogens with zero attached hydrogens (tertiary/aromatic N) is 1. The van der Waals surface area contributed by atoms with E-state index in [0.29, 0.717) is 6.42 Å². The topological polar surface area (TPSA) is 41.6 Å². The van der Waals surface area contributed by atoms with Gasteiger partial charge >= 0.3 is 6.09 Å². The summed E-state index contributed by atoms with van der Waals surface area (Å²) in [5, 5.41) is 2.92. The zero-order chi connectivity index (χ0) is 14.2. The number of hydrogen-bond donors (Lipinski definition) is 1. The van der Waals surface area contributed by atoms with Crippen molar-refractivity contribution in [1.29, 1.82) is 0 Å². The van der Waals surface area contributed by atoms with Gasteiger partial charge in [0.1, 0.15) is 11.4 Å². The first-order valence-corrected chi connectivity index (χ1v) is 7.00. The van der Waals surface area contributed by atoms with Gasteiger partial charge in [-0.1, -0.05) is 12.1 Å². The number of rotatable bonds is 2. The number of likely N-dealkylation sites (tertiary alicyclic amines) is 1. The molecule has 1 aromatic carbocycles. The molecule has 2 saturated heterocycles. The molecule has 0 saturated carbocycles. The second-order valence-electron chi connectivity index (χ2n) is 5.79. The Morgan fingerprint density at radius 3 is 2.65 bits per heavy atom. The van der Waals surface area contributed by atoms with Crippen molar-refractivity contribution in [1.82, 2.24) is 10.2 Å². The fourth-order valence-corrected chi connectivity index (χ4v) is 3.10. The summed E-state index contributed by atoms with van der Waals surface area (Å²) in [6.45, 7) is 1.85. The van der Waals surface area contributed by atoms with E-state index in [1.165, 1.54) is 12.1 Å². The largest absolute Gasteiger partial charge is 0.441 e. The minimum Gasteiger partial charge on any atom is -0.441 e. The normalized spacial score (nSPS) is 25.5. The highest BCUT2D eigenvalue weighted by Crippen LogP contribution is 2.35. The number of hydrogen-bond acceptors (Lipinski definition) is 3. The van der Waals surface area contributed by atoms with Gasteiger partial charge in [0, 0.05) is 25.9 Å². The second kappa shape index (κ2) is 5.05. The predicted molar refractivity (Wildman–Crippen MR) is 73.0 cm³/mol. The summed E-state index contributed by atoms with van der Waals surface area (Å²) >= 11 is 0. The van der Waals surface area contributed by atoms with Gasteiger partial charge in [-0.3, -0.25) is 0 Å². The lowest BCUT2D eigenvalue weighted by atomic mass is 9.82. The average Bonchev–Trinajstić information content (AvgIpc) is 2.72. The Labute approximate surface area is 117 Å². The molecule has 2 fully saturated rings. The van der Waals surface area contributed by atoms with Gasteiger partial charge in [-0.2, -0.15) is 0 Å². The zero-order valence-corrected chi connectivity index (χ0v) is 11.6. The molecule has 2 aliphatic rings. The van der Waals surface area contributed by atoms with Crippen LogP contribution in [0.1, 0.15) is 18.4 Å². The first-order chi connectivity index (χ1) is 9.57. The van der Waals surface area contributed by atoms with E-state index in [1.807, 2.05) is 0 Å². The Kier molecular flexibility index (Phi) is 3.38. The third-order valence-corrected chi connectivity index (χ3v) is 4.41. The van der Waals surface area contributed by atoms with Gasteiger partial charge in [0.2, 0.25) is 0 Å². The van der Waals surface area contributed by atoms with E-state index < -0.39 is 5.60 Å². The van der Waals surface area contributed by atoms with Crippen LogP contribution in [0.5, 0.6) is 0 Å². The first kappa shape index (κ1) is 13.4. The number of amides is 1. The van der Waals surface area contributed by atoms with E-state index in [9.17, 15) is 9.18 Å². The van der Waals surface area contributed by atoms with Gasteiger partial charge < -0.3 is 15.0 Å². The van der Waals surface area contributed by atoms with E-state index in [1.54, 1.807) is 12.1 Å².